The van der Waals surface area contributed by atoms with E-state index in [1.54, 1.807) is 0 Å². The molecular weight excluding hydrogens is 102 g/mol. The number of rotatable bonds is 1. The van der Waals surface area contributed by atoms with Gasteiger partial charge >= 0.3 is 0 Å². The minimum Gasteiger partial charge on any atom is -0.164 e. The summed E-state index contributed by atoms with van der Waals surface area (Å²) in [6, 6.07) is 0. The molecule has 0 aliphatic rings. The Balaban J connectivity index is 3.15. The molecule has 0 aliphatic heterocycles. The molecule has 0 aromatic heterocycles. The van der Waals surface area contributed by atoms with Gasteiger partial charge in [0.25, 0.3) is 0 Å². The fraction of sp³-hybridized carbons (Fsp3) is 1.00. The summed E-state index contributed by atoms with van der Waals surface area (Å²) in [4.78, 5) is 0. The van der Waals surface area contributed by atoms with Gasteiger partial charge in [0.15, 0.2) is 0 Å². The van der Waals surface area contributed by atoms with Crippen LogP contribution in [0.15, 0.2) is 0 Å². The first-order valence-corrected chi connectivity index (χ1v) is 4.41. The zero-order chi connectivity index (χ0) is 5.91. The smallest absolute Gasteiger partial charge is 0.130 e. The number of hydrogen-bond acceptors (Lipinski definition) is 0. The van der Waals surface area contributed by atoms with Gasteiger partial charge in [-0.05, 0) is 11.6 Å². The summed E-state index contributed by atoms with van der Waals surface area (Å²) >= 11 is 0. The third-order valence-corrected chi connectivity index (χ3v) is 2.12. The molecule has 0 saturated carbocycles. The van der Waals surface area contributed by atoms with Crippen molar-refractivity contribution in [3.05, 3.63) is 0 Å². The lowest BCUT2D eigenvalue weighted by Gasteiger charge is -2.15. The van der Waals surface area contributed by atoms with Crippen molar-refractivity contribution in [2.75, 3.05) is 6.16 Å². The lowest BCUT2D eigenvalue weighted by Crippen LogP contribution is -2.06. The zero-order valence-corrected chi connectivity index (χ0v) is 6.71. The molecule has 0 aromatic carbocycles. The molecule has 0 aromatic rings. The van der Waals surface area contributed by atoms with Gasteiger partial charge in [-0.15, -0.1) is 0 Å². The van der Waals surface area contributed by atoms with Gasteiger partial charge in [0.2, 0.25) is 0 Å². The van der Waals surface area contributed by atoms with Crippen LogP contribution in [-0.4, -0.2) is 13.7 Å². The van der Waals surface area contributed by atoms with E-state index in [9.17, 15) is 0 Å². The molecule has 0 bridgehead atoms. The predicted octanol–water partition coefficient (Wildman–Crippen LogP) is 1.26. The molecule has 0 nitrogen and oxygen atoms in total. The molecule has 42 valence electrons. The van der Waals surface area contributed by atoms with E-state index < -0.39 is 0 Å². The lowest BCUT2D eigenvalue weighted by atomic mass is 10.0. The highest BCUT2D eigenvalue weighted by Crippen LogP contribution is 2.20. The fourth-order valence-corrected chi connectivity index (χ4v) is 1.59. The quantitative estimate of drug-likeness (QED) is 0.357. The second kappa shape index (κ2) is 2.72. The van der Waals surface area contributed by atoms with E-state index in [1.165, 1.54) is 6.16 Å². The maximum Gasteiger partial charge on any atom is 0.130 e. The summed E-state index contributed by atoms with van der Waals surface area (Å²) in [6.07, 6.45) is 1.37. The van der Waals surface area contributed by atoms with Crippen LogP contribution in [0.1, 0.15) is 20.8 Å². The van der Waals surface area contributed by atoms with E-state index in [1.807, 2.05) is 0 Å². The first-order valence-electron chi connectivity index (χ1n) is 2.71. The Hall–Kier alpha value is 0.495. The van der Waals surface area contributed by atoms with E-state index in [2.05, 4.69) is 28.3 Å². The van der Waals surface area contributed by atoms with E-state index >= 15 is 0 Å². The van der Waals surface area contributed by atoms with Gasteiger partial charge in [-0.1, -0.05) is 20.8 Å². The fourth-order valence-electron chi connectivity index (χ4n) is 0.530. The third kappa shape index (κ3) is 6.49. The Morgan fingerprint density at radius 3 is 1.86 bits per heavy atom. The van der Waals surface area contributed by atoms with Gasteiger partial charge in [0.05, 0.1) is 0 Å². The molecule has 0 saturated heterocycles. The van der Waals surface area contributed by atoms with Crippen LogP contribution < -0.4 is 0 Å². The monoisotopic (exact) mass is 116 g/mol. The molecule has 0 radical (unpaired) electrons. The van der Waals surface area contributed by atoms with Gasteiger partial charge in [0, 0.05) is 0 Å². The Bertz CT molecular complexity index is 46.5. The van der Waals surface area contributed by atoms with Gasteiger partial charge < -0.3 is 0 Å². The van der Waals surface area contributed by atoms with Crippen LogP contribution in [0.4, 0.5) is 0 Å². The van der Waals surface area contributed by atoms with Crippen molar-refractivity contribution in [2.45, 2.75) is 20.8 Å². The standard InChI is InChI=1S/C5H14BP/c1-5(2,3)4-7-6/h7H,4,6H2,1-3H3. The highest BCUT2D eigenvalue weighted by Gasteiger charge is 2.05. The Morgan fingerprint density at radius 2 is 1.86 bits per heavy atom. The first-order chi connectivity index (χ1) is 3.06. The molecule has 0 heterocycles. The molecule has 0 spiro atoms. The zero-order valence-electron chi connectivity index (χ0n) is 5.71. The average molecular weight is 116 g/mol. The van der Waals surface area contributed by atoms with Crippen LogP contribution in [0.2, 0.25) is 0 Å². The van der Waals surface area contributed by atoms with Crippen LogP contribution in [0.5, 0.6) is 0 Å². The first kappa shape index (κ1) is 7.49. The summed E-state index contributed by atoms with van der Waals surface area (Å²) in [5.41, 5.74) is 0.563. The van der Waals surface area contributed by atoms with E-state index in [0.29, 0.717) is 5.41 Å². The normalized spacial score (nSPS) is 13.6. The van der Waals surface area contributed by atoms with Crippen LogP contribution in [0.25, 0.3) is 0 Å². The topological polar surface area (TPSA) is 0 Å². The molecule has 0 fully saturated rings. The number of hydrogen-bond donors (Lipinski definition) is 0. The SMILES string of the molecule is BPCC(C)(C)C. The van der Waals surface area contributed by atoms with Crippen molar-refractivity contribution in [2.24, 2.45) is 5.41 Å². The summed E-state index contributed by atoms with van der Waals surface area (Å²) < 4.78 is 0. The van der Waals surface area contributed by atoms with Crippen molar-refractivity contribution in [3.63, 3.8) is 0 Å². The van der Waals surface area contributed by atoms with Crippen LogP contribution in [-0.2, 0) is 0 Å². The van der Waals surface area contributed by atoms with E-state index in [-0.39, 0.29) is 0 Å². The summed E-state index contributed by atoms with van der Waals surface area (Å²) in [7, 11) is 3.36. The Labute approximate surface area is 49.2 Å². The van der Waals surface area contributed by atoms with Gasteiger partial charge in [-0.2, -0.15) is 8.46 Å². The molecule has 0 rings (SSSR count). The Kier molecular flexibility index (Phi) is 2.91. The highest BCUT2D eigenvalue weighted by atomic mass is 31.1. The molecule has 0 N–H and O–H groups in total. The van der Waals surface area contributed by atoms with Crippen molar-refractivity contribution in [1.82, 2.24) is 0 Å². The third-order valence-electron chi connectivity index (χ3n) is 0.707. The average Bonchev–Trinajstić information content (AvgIpc) is 1.30. The van der Waals surface area contributed by atoms with E-state index in [4.69, 9.17) is 0 Å². The molecule has 1 unspecified atom stereocenters. The summed E-state index contributed by atoms with van der Waals surface area (Å²) in [6.45, 7) is 6.84. The maximum atomic E-state index is 2.28. The highest BCUT2D eigenvalue weighted by molar-refractivity contribution is 7.66. The molecule has 2 heteroatoms. The van der Waals surface area contributed by atoms with E-state index in [0.717, 1.165) is 8.46 Å². The molecule has 1 atom stereocenters. The second-order valence-electron chi connectivity index (χ2n) is 3.09. The van der Waals surface area contributed by atoms with Crippen molar-refractivity contribution in [1.29, 1.82) is 0 Å². The predicted molar refractivity (Wildman–Crippen MR) is 41.2 cm³/mol. The summed E-state index contributed by atoms with van der Waals surface area (Å²) in [5, 5.41) is 0. The second-order valence-corrected chi connectivity index (χ2v) is 4.15. The molecule has 7 heavy (non-hydrogen) atoms. The van der Waals surface area contributed by atoms with Crippen molar-refractivity contribution >= 4 is 16.0 Å². The molecule has 0 amide bonds. The van der Waals surface area contributed by atoms with Crippen LogP contribution in [0.3, 0.4) is 0 Å². The van der Waals surface area contributed by atoms with Gasteiger partial charge in [0.1, 0.15) is 7.57 Å². The minimum atomic E-state index is 0.563. The van der Waals surface area contributed by atoms with Crippen molar-refractivity contribution < 1.29 is 0 Å². The minimum absolute atomic E-state index is 0.563. The Morgan fingerprint density at radius 1 is 1.43 bits per heavy atom. The summed E-state index contributed by atoms with van der Waals surface area (Å²) in [5.74, 6) is 0. The van der Waals surface area contributed by atoms with Crippen molar-refractivity contribution in [3.8, 4) is 0 Å². The van der Waals surface area contributed by atoms with Gasteiger partial charge in [-0.3, -0.25) is 0 Å². The largest absolute Gasteiger partial charge is 0.164 e. The van der Waals surface area contributed by atoms with Crippen LogP contribution >= 0.6 is 8.46 Å². The molecule has 0 aliphatic carbocycles. The molecular formula is C5H14BP. The van der Waals surface area contributed by atoms with Gasteiger partial charge in [-0.25, -0.2) is 0 Å². The van der Waals surface area contributed by atoms with Crippen LogP contribution in [0, 0.1) is 5.41 Å². The maximum absolute atomic E-state index is 2.28. The lowest BCUT2D eigenvalue weighted by molar-refractivity contribution is 0.480.